The highest BCUT2D eigenvalue weighted by Crippen LogP contribution is 2.38. The van der Waals surface area contributed by atoms with E-state index in [1.807, 2.05) is 19.9 Å². The van der Waals surface area contributed by atoms with Crippen molar-refractivity contribution in [3.8, 4) is 0 Å². The molecule has 0 radical (unpaired) electrons. The van der Waals surface area contributed by atoms with E-state index in [-0.39, 0.29) is 30.9 Å². The molecule has 0 heterocycles. The Morgan fingerprint density at radius 1 is 1.00 bits per heavy atom. The van der Waals surface area contributed by atoms with E-state index in [0.717, 1.165) is 31.3 Å². The molecule has 138 valence electrons. The molecule has 0 aromatic carbocycles. The first-order chi connectivity index (χ1) is 11.2. The Kier molecular flexibility index (Phi) is 8.51. The second-order valence-corrected chi connectivity index (χ2v) is 8.15. The quantitative estimate of drug-likeness (QED) is 0.493. The number of carbonyl (C=O) groups excluding carboxylic acids is 2. The zero-order chi connectivity index (χ0) is 18.2. The van der Waals surface area contributed by atoms with E-state index >= 15 is 0 Å². The number of hydrogen-bond acceptors (Lipinski definition) is 4. The fourth-order valence-electron chi connectivity index (χ4n) is 3.04. The standard InChI is InChI=1S/C20H34O4/c1-15(2)13-14-23-18(21)7-6-8-19(22)24-17-11-9-16(10-12-17)20(3,4)5/h13,16-17H,6-12,14H2,1-5H3. The maximum absolute atomic E-state index is 11.9. The highest BCUT2D eigenvalue weighted by molar-refractivity contribution is 5.72. The second kappa shape index (κ2) is 9.85. The summed E-state index contributed by atoms with van der Waals surface area (Å²) in [7, 11) is 0. The monoisotopic (exact) mass is 338 g/mol. The fraction of sp³-hybridized carbons (Fsp3) is 0.800. The first-order valence-electron chi connectivity index (χ1n) is 9.17. The molecule has 24 heavy (non-hydrogen) atoms. The summed E-state index contributed by atoms with van der Waals surface area (Å²) in [6.45, 7) is 11.1. The Hall–Kier alpha value is -1.32. The van der Waals surface area contributed by atoms with Gasteiger partial charge in [-0.15, -0.1) is 0 Å². The van der Waals surface area contributed by atoms with Gasteiger partial charge in [-0.3, -0.25) is 9.59 Å². The molecule has 0 amide bonds. The second-order valence-electron chi connectivity index (χ2n) is 8.15. The van der Waals surface area contributed by atoms with Gasteiger partial charge < -0.3 is 9.47 Å². The van der Waals surface area contributed by atoms with Crippen molar-refractivity contribution in [2.75, 3.05) is 6.61 Å². The summed E-state index contributed by atoms with van der Waals surface area (Å²) in [5.74, 6) is 0.264. The zero-order valence-corrected chi connectivity index (χ0v) is 16.0. The molecule has 0 aliphatic heterocycles. The predicted octanol–water partition coefficient (Wildman–Crippen LogP) is 4.81. The van der Waals surface area contributed by atoms with Crippen LogP contribution in [0.4, 0.5) is 0 Å². The van der Waals surface area contributed by atoms with Crippen molar-refractivity contribution in [3.05, 3.63) is 11.6 Å². The van der Waals surface area contributed by atoms with Gasteiger partial charge in [-0.1, -0.05) is 26.3 Å². The molecule has 0 aromatic rings. The van der Waals surface area contributed by atoms with Gasteiger partial charge in [-0.25, -0.2) is 0 Å². The fourth-order valence-corrected chi connectivity index (χ4v) is 3.04. The predicted molar refractivity (Wildman–Crippen MR) is 95.5 cm³/mol. The van der Waals surface area contributed by atoms with Crippen LogP contribution < -0.4 is 0 Å². The van der Waals surface area contributed by atoms with Crippen LogP contribution >= 0.6 is 0 Å². The number of allylic oxidation sites excluding steroid dienone is 1. The van der Waals surface area contributed by atoms with Crippen molar-refractivity contribution in [1.29, 1.82) is 0 Å². The molecule has 4 nitrogen and oxygen atoms in total. The third-order valence-corrected chi connectivity index (χ3v) is 4.69. The van der Waals surface area contributed by atoms with Crippen LogP contribution in [0.3, 0.4) is 0 Å². The summed E-state index contributed by atoms with van der Waals surface area (Å²) in [6.07, 6.45) is 7.12. The van der Waals surface area contributed by atoms with Crippen molar-refractivity contribution in [2.24, 2.45) is 11.3 Å². The smallest absolute Gasteiger partial charge is 0.306 e. The lowest BCUT2D eigenvalue weighted by molar-refractivity contribution is -0.151. The van der Waals surface area contributed by atoms with Crippen LogP contribution in [-0.4, -0.2) is 24.6 Å². The summed E-state index contributed by atoms with van der Waals surface area (Å²) in [4.78, 5) is 23.4. The van der Waals surface area contributed by atoms with Crippen LogP contribution in [0.25, 0.3) is 0 Å². The van der Waals surface area contributed by atoms with Gasteiger partial charge in [0.25, 0.3) is 0 Å². The molecule has 0 spiro atoms. The van der Waals surface area contributed by atoms with Gasteiger partial charge in [0, 0.05) is 12.8 Å². The van der Waals surface area contributed by atoms with E-state index in [1.165, 1.54) is 0 Å². The minimum atomic E-state index is -0.258. The van der Waals surface area contributed by atoms with Gasteiger partial charge in [-0.2, -0.15) is 0 Å². The summed E-state index contributed by atoms with van der Waals surface area (Å²) in [5.41, 5.74) is 1.45. The molecule has 0 bridgehead atoms. The van der Waals surface area contributed by atoms with Gasteiger partial charge in [0.15, 0.2) is 0 Å². The molecule has 0 aromatic heterocycles. The lowest BCUT2D eigenvalue weighted by Crippen LogP contribution is -2.30. The van der Waals surface area contributed by atoms with Crippen molar-refractivity contribution in [2.45, 2.75) is 85.7 Å². The van der Waals surface area contributed by atoms with Crippen LogP contribution in [0, 0.1) is 11.3 Å². The number of rotatable bonds is 7. The third-order valence-electron chi connectivity index (χ3n) is 4.69. The molecular formula is C20H34O4. The van der Waals surface area contributed by atoms with E-state index in [9.17, 15) is 9.59 Å². The lowest BCUT2D eigenvalue weighted by atomic mass is 9.72. The van der Waals surface area contributed by atoms with Crippen LogP contribution in [0.15, 0.2) is 11.6 Å². The number of ether oxygens (including phenoxy) is 2. The molecule has 1 rings (SSSR count). The van der Waals surface area contributed by atoms with Crippen LogP contribution in [-0.2, 0) is 19.1 Å². The summed E-state index contributed by atoms with van der Waals surface area (Å²) in [6, 6.07) is 0. The Balaban J connectivity index is 2.15. The minimum Gasteiger partial charge on any atom is -0.462 e. The summed E-state index contributed by atoms with van der Waals surface area (Å²) >= 11 is 0. The highest BCUT2D eigenvalue weighted by atomic mass is 16.5. The van der Waals surface area contributed by atoms with Gasteiger partial charge in [-0.05, 0) is 63.4 Å². The summed E-state index contributed by atoms with van der Waals surface area (Å²) < 4.78 is 10.6. The SMILES string of the molecule is CC(C)=CCOC(=O)CCCC(=O)OC1CCC(C(C)(C)C)CC1. The maximum atomic E-state index is 11.9. The largest absolute Gasteiger partial charge is 0.462 e. The van der Waals surface area contributed by atoms with Crippen LogP contribution in [0.2, 0.25) is 0 Å². The normalized spacial score (nSPS) is 21.0. The average Bonchev–Trinajstić information content (AvgIpc) is 2.46. The molecule has 0 unspecified atom stereocenters. The van der Waals surface area contributed by atoms with E-state index in [0.29, 0.717) is 24.4 Å². The first kappa shape index (κ1) is 20.7. The molecule has 1 fully saturated rings. The Morgan fingerprint density at radius 3 is 2.12 bits per heavy atom. The Morgan fingerprint density at radius 2 is 1.58 bits per heavy atom. The number of hydrogen-bond donors (Lipinski definition) is 0. The van der Waals surface area contributed by atoms with Gasteiger partial charge in [0.05, 0.1) is 0 Å². The van der Waals surface area contributed by atoms with Crippen molar-refractivity contribution in [3.63, 3.8) is 0 Å². The van der Waals surface area contributed by atoms with Gasteiger partial charge in [0.1, 0.15) is 12.7 Å². The van der Waals surface area contributed by atoms with E-state index < -0.39 is 0 Å². The molecule has 1 aliphatic rings. The van der Waals surface area contributed by atoms with E-state index in [2.05, 4.69) is 20.8 Å². The van der Waals surface area contributed by atoms with Crippen molar-refractivity contribution >= 4 is 11.9 Å². The molecule has 0 N–H and O–H groups in total. The molecular weight excluding hydrogens is 304 g/mol. The van der Waals surface area contributed by atoms with E-state index in [1.54, 1.807) is 0 Å². The zero-order valence-electron chi connectivity index (χ0n) is 16.0. The molecule has 1 saturated carbocycles. The topological polar surface area (TPSA) is 52.6 Å². The molecule has 0 saturated heterocycles. The van der Waals surface area contributed by atoms with Gasteiger partial charge >= 0.3 is 11.9 Å². The van der Waals surface area contributed by atoms with Crippen molar-refractivity contribution in [1.82, 2.24) is 0 Å². The third kappa shape index (κ3) is 8.51. The van der Waals surface area contributed by atoms with Crippen molar-refractivity contribution < 1.29 is 19.1 Å². The molecule has 1 aliphatic carbocycles. The summed E-state index contributed by atoms with van der Waals surface area (Å²) in [5, 5.41) is 0. The van der Waals surface area contributed by atoms with E-state index in [4.69, 9.17) is 9.47 Å². The van der Waals surface area contributed by atoms with Crippen LogP contribution in [0.5, 0.6) is 0 Å². The minimum absolute atomic E-state index is 0.0562. The Labute approximate surface area is 147 Å². The Bertz CT molecular complexity index is 433. The highest BCUT2D eigenvalue weighted by Gasteiger charge is 2.30. The number of carbonyl (C=O) groups is 2. The number of esters is 2. The van der Waals surface area contributed by atoms with Gasteiger partial charge in [0.2, 0.25) is 0 Å². The molecule has 4 heteroatoms. The molecule has 0 atom stereocenters. The lowest BCUT2D eigenvalue weighted by Gasteiger charge is -2.36. The average molecular weight is 338 g/mol. The van der Waals surface area contributed by atoms with Crippen LogP contribution in [0.1, 0.15) is 79.6 Å². The first-order valence-corrected chi connectivity index (χ1v) is 9.17. The maximum Gasteiger partial charge on any atom is 0.306 e.